The van der Waals surface area contributed by atoms with E-state index in [2.05, 4.69) is 10.6 Å². The highest BCUT2D eigenvalue weighted by molar-refractivity contribution is 7.98. The van der Waals surface area contributed by atoms with Gasteiger partial charge in [0.05, 0.1) is 12.6 Å². The minimum atomic E-state index is -0.169. The highest BCUT2D eigenvalue weighted by Crippen LogP contribution is 2.17. The van der Waals surface area contributed by atoms with Crippen LogP contribution in [0.25, 0.3) is 0 Å². The molecule has 0 bridgehead atoms. The maximum atomic E-state index is 11.6. The van der Waals surface area contributed by atoms with Gasteiger partial charge in [-0.1, -0.05) is 0 Å². The lowest BCUT2D eigenvalue weighted by molar-refractivity contribution is 0.189. The van der Waals surface area contributed by atoms with E-state index in [1.54, 1.807) is 11.8 Å². The summed E-state index contributed by atoms with van der Waals surface area (Å²) < 4.78 is 5.19. The first-order valence-electron chi connectivity index (χ1n) is 5.57. The minimum Gasteiger partial charge on any atom is -0.379 e. The topological polar surface area (TPSA) is 50.4 Å². The van der Waals surface area contributed by atoms with Gasteiger partial charge in [0.1, 0.15) is 0 Å². The molecule has 1 unspecified atom stereocenters. The molecule has 1 aromatic carbocycles. The number of carbonyl (C=O) groups excluding carboxylic acids is 1. The Morgan fingerprint density at radius 2 is 2.18 bits per heavy atom. The Morgan fingerprint density at radius 3 is 2.76 bits per heavy atom. The van der Waals surface area contributed by atoms with E-state index in [1.165, 1.54) is 4.90 Å². The van der Waals surface area contributed by atoms with Crippen LogP contribution in [0.3, 0.4) is 0 Å². The molecule has 2 amide bonds. The molecule has 0 radical (unpaired) electrons. The maximum absolute atomic E-state index is 11.6. The zero-order valence-corrected chi connectivity index (χ0v) is 10.5. The monoisotopic (exact) mass is 252 g/mol. The van der Waals surface area contributed by atoms with E-state index in [4.69, 9.17) is 4.74 Å². The summed E-state index contributed by atoms with van der Waals surface area (Å²) in [6.45, 7) is 1.34. The molecule has 0 spiro atoms. The van der Waals surface area contributed by atoms with Gasteiger partial charge in [-0.2, -0.15) is 0 Å². The van der Waals surface area contributed by atoms with Crippen LogP contribution in [0.4, 0.5) is 10.5 Å². The van der Waals surface area contributed by atoms with Crippen molar-refractivity contribution < 1.29 is 9.53 Å². The number of nitrogens with one attached hydrogen (secondary N) is 2. The first-order chi connectivity index (χ1) is 8.28. The van der Waals surface area contributed by atoms with Crippen LogP contribution in [-0.2, 0) is 4.74 Å². The van der Waals surface area contributed by atoms with Crippen molar-refractivity contribution in [1.82, 2.24) is 5.32 Å². The van der Waals surface area contributed by atoms with Crippen LogP contribution in [0.15, 0.2) is 29.2 Å². The Kier molecular flexibility index (Phi) is 4.28. The highest BCUT2D eigenvalue weighted by atomic mass is 32.2. The third-order valence-corrected chi connectivity index (χ3v) is 3.36. The van der Waals surface area contributed by atoms with Crippen molar-refractivity contribution in [3.8, 4) is 0 Å². The molecule has 92 valence electrons. The van der Waals surface area contributed by atoms with E-state index >= 15 is 0 Å². The molecule has 1 aliphatic heterocycles. The molecule has 0 aliphatic carbocycles. The fourth-order valence-corrected chi connectivity index (χ4v) is 2.08. The van der Waals surface area contributed by atoms with Crippen molar-refractivity contribution in [1.29, 1.82) is 0 Å². The van der Waals surface area contributed by atoms with E-state index in [9.17, 15) is 4.79 Å². The molecular formula is C12H16N2O2S. The van der Waals surface area contributed by atoms with Crippen LogP contribution in [0, 0.1) is 0 Å². The highest BCUT2D eigenvalue weighted by Gasteiger charge is 2.17. The SMILES string of the molecule is CSc1ccc(NC(=O)NC2CCOC2)cc1. The van der Waals surface area contributed by atoms with Crippen molar-refractivity contribution in [3.63, 3.8) is 0 Å². The van der Waals surface area contributed by atoms with Crippen molar-refractivity contribution >= 4 is 23.5 Å². The lowest BCUT2D eigenvalue weighted by Crippen LogP contribution is -2.38. The van der Waals surface area contributed by atoms with Gasteiger partial charge in [-0.25, -0.2) is 4.79 Å². The quantitative estimate of drug-likeness (QED) is 0.812. The molecule has 0 aromatic heterocycles. The summed E-state index contributed by atoms with van der Waals surface area (Å²) in [5.41, 5.74) is 0.805. The summed E-state index contributed by atoms with van der Waals surface area (Å²) in [5, 5.41) is 5.68. The number of hydrogen-bond donors (Lipinski definition) is 2. The fourth-order valence-electron chi connectivity index (χ4n) is 1.68. The zero-order valence-electron chi connectivity index (χ0n) is 9.73. The van der Waals surface area contributed by atoms with Crippen molar-refractivity contribution in [2.75, 3.05) is 24.8 Å². The van der Waals surface area contributed by atoms with Gasteiger partial charge < -0.3 is 15.4 Å². The molecule has 1 fully saturated rings. The van der Waals surface area contributed by atoms with Crippen molar-refractivity contribution in [2.24, 2.45) is 0 Å². The predicted octanol–water partition coefficient (Wildman–Crippen LogP) is 2.32. The largest absolute Gasteiger partial charge is 0.379 e. The Balaban J connectivity index is 1.84. The molecule has 17 heavy (non-hydrogen) atoms. The third-order valence-electron chi connectivity index (χ3n) is 2.61. The molecule has 1 atom stereocenters. The molecule has 2 N–H and O–H groups in total. The number of thioether (sulfide) groups is 1. The van der Waals surface area contributed by atoms with E-state index in [-0.39, 0.29) is 12.1 Å². The number of ether oxygens (including phenoxy) is 1. The molecule has 1 saturated heterocycles. The average Bonchev–Trinajstić information content (AvgIpc) is 2.82. The molecule has 0 saturated carbocycles. The normalized spacial score (nSPS) is 19.0. The van der Waals surface area contributed by atoms with Crippen LogP contribution in [0.1, 0.15) is 6.42 Å². The van der Waals surface area contributed by atoms with Crippen LogP contribution in [-0.4, -0.2) is 31.5 Å². The van der Waals surface area contributed by atoms with Gasteiger partial charge in [0.15, 0.2) is 0 Å². The van der Waals surface area contributed by atoms with E-state index < -0.39 is 0 Å². The lowest BCUT2D eigenvalue weighted by Gasteiger charge is -2.11. The Morgan fingerprint density at radius 1 is 1.41 bits per heavy atom. The standard InChI is InChI=1S/C12H16N2O2S/c1-17-11-4-2-9(3-5-11)13-12(15)14-10-6-7-16-8-10/h2-5,10H,6-8H2,1H3,(H2,13,14,15). The van der Waals surface area contributed by atoms with Gasteiger partial charge in [0.25, 0.3) is 0 Å². The smallest absolute Gasteiger partial charge is 0.319 e. The van der Waals surface area contributed by atoms with E-state index in [0.29, 0.717) is 6.61 Å². The number of hydrogen-bond acceptors (Lipinski definition) is 3. The fraction of sp³-hybridized carbons (Fsp3) is 0.417. The molecular weight excluding hydrogens is 236 g/mol. The van der Waals surface area contributed by atoms with Crippen LogP contribution in [0.5, 0.6) is 0 Å². The summed E-state index contributed by atoms with van der Waals surface area (Å²) in [6.07, 6.45) is 2.91. The van der Waals surface area contributed by atoms with Crippen molar-refractivity contribution in [2.45, 2.75) is 17.4 Å². The number of rotatable bonds is 3. The first kappa shape index (κ1) is 12.3. The number of urea groups is 1. The lowest BCUT2D eigenvalue weighted by atomic mass is 10.3. The summed E-state index contributed by atoms with van der Waals surface area (Å²) in [6, 6.07) is 7.74. The van der Waals surface area contributed by atoms with E-state index in [0.717, 1.165) is 18.7 Å². The van der Waals surface area contributed by atoms with Gasteiger partial charge in [-0.3, -0.25) is 0 Å². The van der Waals surface area contributed by atoms with Crippen LogP contribution in [0.2, 0.25) is 0 Å². The minimum absolute atomic E-state index is 0.139. The van der Waals surface area contributed by atoms with Crippen LogP contribution >= 0.6 is 11.8 Å². The number of amides is 2. The van der Waals surface area contributed by atoms with Gasteiger partial charge in [0.2, 0.25) is 0 Å². The molecule has 1 heterocycles. The molecule has 1 aliphatic rings. The molecule has 5 heteroatoms. The Bertz CT molecular complexity index is 375. The Labute approximate surface area is 105 Å². The zero-order chi connectivity index (χ0) is 12.1. The summed E-state index contributed by atoms with van der Waals surface area (Å²) in [7, 11) is 0. The van der Waals surface area contributed by atoms with Crippen LogP contribution < -0.4 is 10.6 Å². The third kappa shape index (κ3) is 3.64. The second kappa shape index (κ2) is 5.93. The van der Waals surface area contributed by atoms with Gasteiger partial charge in [-0.15, -0.1) is 11.8 Å². The number of benzene rings is 1. The average molecular weight is 252 g/mol. The summed E-state index contributed by atoms with van der Waals surface area (Å²) in [5.74, 6) is 0. The van der Waals surface area contributed by atoms with Gasteiger partial charge in [0, 0.05) is 17.2 Å². The number of carbonyl (C=O) groups is 1. The van der Waals surface area contributed by atoms with E-state index in [1.807, 2.05) is 30.5 Å². The van der Waals surface area contributed by atoms with Crippen molar-refractivity contribution in [3.05, 3.63) is 24.3 Å². The first-order valence-corrected chi connectivity index (χ1v) is 6.80. The summed E-state index contributed by atoms with van der Waals surface area (Å²) in [4.78, 5) is 12.8. The molecule has 2 rings (SSSR count). The van der Waals surface area contributed by atoms with Gasteiger partial charge >= 0.3 is 6.03 Å². The summed E-state index contributed by atoms with van der Waals surface area (Å²) >= 11 is 1.68. The molecule has 4 nitrogen and oxygen atoms in total. The second-order valence-corrected chi connectivity index (χ2v) is 4.77. The predicted molar refractivity (Wildman–Crippen MR) is 69.6 cm³/mol. The second-order valence-electron chi connectivity index (χ2n) is 3.89. The van der Waals surface area contributed by atoms with Gasteiger partial charge in [-0.05, 0) is 36.9 Å². The number of anilines is 1. The molecule has 1 aromatic rings. The maximum Gasteiger partial charge on any atom is 0.319 e. The Hall–Kier alpha value is -1.20.